The lowest BCUT2D eigenvalue weighted by Gasteiger charge is -2.32. The van der Waals surface area contributed by atoms with Gasteiger partial charge in [-0.1, -0.05) is 13.8 Å². The quantitative estimate of drug-likeness (QED) is 0.746. The highest BCUT2D eigenvalue weighted by Gasteiger charge is 2.36. The van der Waals surface area contributed by atoms with Crippen molar-refractivity contribution in [3.8, 4) is 0 Å². The Labute approximate surface area is 86.5 Å². The van der Waals surface area contributed by atoms with Crippen LogP contribution in [0.15, 0.2) is 0 Å². The number of Topliss-reactive ketones (excluding diaryl/α,β-unsaturated/α-hetero) is 1. The fraction of sp³-hybridized carbons (Fsp3) is 0.917. The Balaban J connectivity index is 1.89. The van der Waals surface area contributed by atoms with Crippen LogP contribution in [0.3, 0.4) is 0 Å². The fourth-order valence-corrected chi connectivity index (χ4v) is 2.47. The zero-order chi connectivity index (χ0) is 10.1. The lowest BCUT2D eigenvalue weighted by molar-refractivity contribution is -0.124. The van der Waals surface area contributed by atoms with Crippen LogP contribution in [-0.4, -0.2) is 18.4 Å². The molecule has 0 aromatic carbocycles. The van der Waals surface area contributed by atoms with Crippen molar-refractivity contribution in [1.29, 1.82) is 0 Å². The third-order valence-electron chi connectivity index (χ3n) is 3.73. The van der Waals surface area contributed by atoms with Crippen molar-refractivity contribution in [2.24, 2.45) is 17.8 Å². The number of rotatable bonds is 3. The van der Waals surface area contributed by atoms with Crippen LogP contribution in [0.5, 0.6) is 0 Å². The van der Waals surface area contributed by atoms with Gasteiger partial charge in [-0.15, -0.1) is 0 Å². The molecule has 2 heteroatoms. The molecule has 1 N–H and O–H groups in total. The molecule has 0 radical (unpaired) electrons. The third kappa shape index (κ3) is 2.17. The van der Waals surface area contributed by atoms with Crippen LogP contribution >= 0.6 is 0 Å². The summed E-state index contributed by atoms with van der Waals surface area (Å²) >= 11 is 0. The fourth-order valence-electron chi connectivity index (χ4n) is 2.47. The summed E-state index contributed by atoms with van der Waals surface area (Å²) in [6.07, 6.45) is 4.73. The second-order valence-corrected chi connectivity index (χ2v) is 5.16. The lowest BCUT2D eigenvalue weighted by atomic mass is 9.84. The number of hydrogen-bond donors (Lipinski definition) is 1. The van der Waals surface area contributed by atoms with E-state index < -0.39 is 0 Å². The maximum absolute atomic E-state index is 11.9. The maximum atomic E-state index is 11.9. The van der Waals surface area contributed by atoms with E-state index in [2.05, 4.69) is 19.2 Å². The Morgan fingerprint density at radius 2 is 2.07 bits per heavy atom. The molecule has 3 unspecified atom stereocenters. The molecular weight excluding hydrogens is 174 g/mol. The second kappa shape index (κ2) is 4.01. The van der Waals surface area contributed by atoms with Gasteiger partial charge in [-0.05, 0) is 38.1 Å². The number of nitrogens with one attached hydrogen (secondary N) is 1. The summed E-state index contributed by atoms with van der Waals surface area (Å²) in [6, 6.07) is 0.451. The molecule has 0 spiro atoms. The van der Waals surface area contributed by atoms with E-state index in [0.29, 0.717) is 17.7 Å². The van der Waals surface area contributed by atoms with Gasteiger partial charge in [0, 0.05) is 17.9 Å². The van der Waals surface area contributed by atoms with E-state index in [0.717, 1.165) is 25.3 Å². The van der Waals surface area contributed by atoms with Gasteiger partial charge in [0.15, 0.2) is 0 Å². The van der Waals surface area contributed by atoms with E-state index in [9.17, 15) is 4.79 Å². The smallest absolute Gasteiger partial charge is 0.140 e. The van der Waals surface area contributed by atoms with E-state index in [1.165, 1.54) is 12.8 Å². The van der Waals surface area contributed by atoms with Crippen LogP contribution in [0, 0.1) is 17.8 Å². The summed E-state index contributed by atoms with van der Waals surface area (Å²) in [5.41, 5.74) is 0. The summed E-state index contributed by atoms with van der Waals surface area (Å²) < 4.78 is 0. The molecule has 14 heavy (non-hydrogen) atoms. The zero-order valence-corrected chi connectivity index (χ0v) is 9.25. The molecule has 0 amide bonds. The van der Waals surface area contributed by atoms with Gasteiger partial charge in [-0.2, -0.15) is 0 Å². The molecule has 80 valence electrons. The summed E-state index contributed by atoms with van der Waals surface area (Å²) in [5.74, 6) is 1.96. The SMILES string of the molecule is CC1CCNC(C(C)C(=O)C2CC2)C1. The van der Waals surface area contributed by atoms with Crippen LogP contribution < -0.4 is 5.32 Å². The summed E-state index contributed by atoms with van der Waals surface area (Å²) in [5, 5.41) is 3.49. The number of carbonyl (C=O) groups is 1. The van der Waals surface area contributed by atoms with E-state index in [-0.39, 0.29) is 5.92 Å². The van der Waals surface area contributed by atoms with Crippen LogP contribution in [0.2, 0.25) is 0 Å². The average Bonchev–Trinajstić information content (AvgIpc) is 2.99. The minimum atomic E-state index is 0.241. The first-order chi connectivity index (χ1) is 6.68. The summed E-state index contributed by atoms with van der Waals surface area (Å²) in [6.45, 7) is 5.49. The molecule has 0 aromatic rings. The summed E-state index contributed by atoms with van der Waals surface area (Å²) in [7, 11) is 0. The standard InChI is InChI=1S/C12H21NO/c1-8-5-6-13-11(7-8)9(2)12(14)10-3-4-10/h8-11,13H,3-7H2,1-2H3. The highest BCUT2D eigenvalue weighted by Crippen LogP contribution is 2.34. The lowest BCUT2D eigenvalue weighted by Crippen LogP contribution is -2.44. The maximum Gasteiger partial charge on any atom is 0.140 e. The van der Waals surface area contributed by atoms with Gasteiger partial charge in [0.2, 0.25) is 0 Å². The van der Waals surface area contributed by atoms with Gasteiger partial charge >= 0.3 is 0 Å². The number of hydrogen-bond acceptors (Lipinski definition) is 2. The Morgan fingerprint density at radius 1 is 1.36 bits per heavy atom. The van der Waals surface area contributed by atoms with Crippen molar-refractivity contribution in [2.75, 3.05) is 6.54 Å². The number of piperidine rings is 1. The van der Waals surface area contributed by atoms with E-state index in [4.69, 9.17) is 0 Å². The second-order valence-electron chi connectivity index (χ2n) is 5.16. The van der Waals surface area contributed by atoms with E-state index in [1.807, 2.05) is 0 Å². The molecule has 3 atom stereocenters. The van der Waals surface area contributed by atoms with Crippen molar-refractivity contribution in [3.63, 3.8) is 0 Å². The molecule has 1 saturated heterocycles. The zero-order valence-electron chi connectivity index (χ0n) is 9.25. The largest absolute Gasteiger partial charge is 0.313 e. The highest BCUT2D eigenvalue weighted by atomic mass is 16.1. The van der Waals surface area contributed by atoms with Crippen LogP contribution in [0.1, 0.15) is 39.5 Å². The van der Waals surface area contributed by atoms with Gasteiger partial charge < -0.3 is 5.32 Å². The molecule has 1 aliphatic heterocycles. The number of ketones is 1. The Morgan fingerprint density at radius 3 is 2.64 bits per heavy atom. The number of carbonyl (C=O) groups excluding carboxylic acids is 1. The molecule has 1 aliphatic carbocycles. The van der Waals surface area contributed by atoms with E-state index >= 15 is 0 Å². The van der Waals surface area contributed by atoms with Crippen molar-refractivity contribution in [2.45, 2.75) is 45.6 Å². The van der Waals surface area contributed by atoms with Gasteiger partial charge in [-0.3, -0.25) is 4.79 Å². The molecule has 0 aromatic heterocycles. The van der Waals surface area contributed by atoms with Crippen LogP contribution in [0.25, 0.3) is 0 Å². The van der Waals surface area contributed by atoms with Gasteiger partial charge in [0.1, 0.15) is 5.78 Å². The monoisotopic (exact) mass is 195 g/mol. The van der Waals surface area contributed by atoms with Gasteiger partial charge in [0.25, 0.3) is 0 Å². The molecular formula is C12H21NO. The predicted octanol–water partition coefficient (Wildman–Crippen LogP) is 1.99. The normalized spacial score (nSPS) is 35.3. The Kier molecular flexibility index (Phi) is 2.91. The average molecular weight is 195 g/mol. The molecule has 0 bridgehead atoms. The molecule has 2 nitrogen and oxygen atoms in total. The molecule has 1 saturated carbocycles. The van der Waals surface area contributed by atoms with Gasteiger partial charge in [-0.25, -0.2) is 0 Å². The molecule has 2 aliphatic rings. The first-order valence-corrected chi connectivity index (χ1v) is 5.95. The first kappa shape index (κ1) is 10.2. The van der Waals surface area contributed by atoms with E-state index in [1.54, 1.807) is 0 Å². The Bertz CT molecular complexity index is 222. The molecule has 2 fully saturated rings. The van der Waals surface area contributed by atoms with Crippen molar-refractivity contribution in [3.05, 3.63) is 0 Å². The Hall–Kier alpha value is -0.370. The topological polar surface area (TPSA) is 29.1 Å². The molecule has 2 rings (SSSR count). The van der Waals surface area contributed by atoms with Crippen molar-refractivity contribution < 1.29 is 4.79 Å². The van der Waals surface area contributed by atoms with Crippen molar-refractivity contribution >= 4 is 5.78 Å². The summed E-state index contributed by atoms with van der Waals surface area (Å²) in [4.78, 5) is 11.9. The van der Waals surface area contributed by atoms with Crippen molar-refractivity contribution in [1.82, 2.24) is 5.32 Å². The third-order valence-corrected chi connectivity index (χ3v) is 3.73. The van der Waals surface area contributed by atoms with Gasteiger partial charge in [0.05, 0.1) is 0 Å². The minimum absolute atomic E-state index is 0.241. The molecule has 1 heterocycles. The predicted molar refractivity (Wildman–Crippen MR) is 57.1 cm³/mol. The van der Waals surface area contributed by atoms with Crippen LogP contribution in [-0.2, 0) is 4.79 Å². The highest BCUT2D eigenvalue weighted by molar-refractivity contribution is 5.85. The van der Waals surface area contributed by atoms with Crippen LogP contribution in [0.4, 0.5) is 0 Å². The minimum Gasteiger partial charge on any atom is -0.313 e. The first-order valence-electron chi connectivity index (χ1n) is 5.95.